The summed E-state index contributed by atoms with van der Waals surface area (Å²) in [6.45, 7) is 6.71. The number of thioether (sulfide) groups is 1. The van der Waals surface area contributed by atoms with Crippen molar-refractivity contribution in [1.29, 1.82) is 0 Å². The van der Waals surface area contributed by atoms with Crippen molar-refractivity contribution in [3.8, 4) is 0 Å². The van der Waals surface area contributed by atoms with Crippen LogP contribution < -0.4 is 5.32 Å². The number of hydrogen-bond acceptors (Lipinski definition) is 7. The lowest BCUT2D eigenvalue weighted by molar-refractivity contribution is -0.113. The lowest BCUT2D eigenvalue weighted by Crippen LogP contribution is -2.15. The molecule has 3 aromatic heterocycles. The summed E-state index contributed by atoms with van der Waals surface area (Å²) in [5, 5.41) is 12.8. The number of amides is 1. The molecule has 0 aliphatic heterocycles. The van der Waals surface area contributed by atoms with Gasteiger partial charge < -0.3 is 9.73 Å². The van der Waals surface area contributed by atoms with Crippen LogP contribution in [0.15, 0.2) is 46.2 Å². The average Bonchev–Trinajstić information content (AvgIpc) is 3.40. The summed E-state index contributed by atoms with van der Waals surface area (Å²) >= 11 is 2.83. The molecular formula is C20H21N5O2S2. The smallest absolute Gasteiger partial charge is 0.236 e. The SMILES string of the molecule is Cc1ccc2nc(NC(=O)CSc3nnc(C(C)C)n3Cc3ccco3)sc2c1. The number of rotatable bonds is 7. The molecule has 150 valence electrons. The van der Waals surface area contributed by atoms with Gasteiger partial charge >= 0.3 is 0 Å². The molecule has 1 amide bonds. The normalized spacial score (nSPS) is 11.4. The van der Waals surface area contributed by atoms with E-state index in [1.54, 1.807) is 6.26 Å². The van der Waals surface area contributed by atoms with Crippen LogP contribution in [0, 0.1) is 6.92 Å². The zero-order valence-electron chi connectivity index (χ0n) is 16.4. The van der Waals surface area contributed by atoms with Crippen molar-refractivity contribution in [2.45, 2.75) is 38.4 Å². The van der Waals surface area contributed by atoms with Crippen LogP contribution in [-0.4, -0.2) is 31.4 Å². The molecule has 4 rings (SSSR count). The van der Waals surface area contributed by atoms with Crippen LogP contribution in [0.3, 0.4) is 0 Å². The zero-order chi connectivity index (χ0) is 20.4. The summed E-state index contributed by atoms with van der Waals surface area (Å²) in [5.74, 6) is 2.01. The Morgan fingerprint density at radius 3 is 2.93 bits per heavy atom. The van der Waals surface area contributed by atoms with E-state index < -0.39 is 0 Å². The van der Waals surface area contributed by atoms with Crippen LogP contribution in [0.1, 0.15) is 36.9 Å². The Hall–Kier alpha value is -2.65. The van der Waals surface area contributed by atoms with Gasteiger partial charge in [0.1, 0.15) is 11.6 Å². The molecule has 0 fully saturated rings. The number of nitrogens with one attached hydrogen (secondary N) is 1. The quantitative estimate of drug-likeness (QED) is 0.431. The van der Waals surface area contributed by atoms with Gasteiger partial charge in [-0.2, -0.15) is 0 Å². The van der Waals surface area contributed by atoms with Gasteiger partial charge in [-0.25, -0.2) is 4.98 Å². The van der Waals surface area contributed by atoms with E-state index in [1.807, 2.05) is 35.8 Å². The van der Waals surface area contributed by atoms with Crippen LogP contribution in [0.5, 0.6) is 0 Å². The van der Waals surface area contributed by atoms with Crippen LogP contribution >= 0.6 is 23.1 Å². The molecule has 0 saturated heterocycles. The summed E-state index contributed by atoms with van der Waals surface area (Å²) in [6, 6.07) is 9.83. The molecule has 0 aliphatic carbocycles. The van der Waals surface area contributed by atoms with Gasteiger partial charge in [0.05, 0.1) is 28.8 Å². The van der Waals surface area contributed by atoms with E-state index in [0.717, 1.165) is 21.8 Å². The minimum atomic E-state index is -0.121. The number of aryl methyl sites for hydroxylation is 1. The third-order valence-electron chi connectivity index (χ3n) is 4.28. The minimum Gasteiger partial charge on any atom is -0.467 e. The topological polar surface area (TPSA) is 85.8 Å². The van der Waals surface area contributed by atoms with Crippen molar-refractivity contribution in [3.63, 3.8) is 0 Å². The predicted molar refractivity (Wildman–Crippen MR) is 116 cm³/mol. The maximum Gasteiger partial charge on any atom is 0.236 e. The molecule has 0 bridgehead atoms. The Balaban J connectivity index is 1.44. The number of thiazole rings is 1. The molecule has 1 aromatic carbocycles. The highest BCUT2D eigenvalue weighted by Gasteiger charge is 2.18. The fraction of sp³-hybridized carbons (Fsp3) is 0.300. The Kier molecular flexibility index (Phi) is 5.68. The molecule has 0 radical (unpaired) electrons. The third-order valence-corrected chi connectivity index (χ3v) is 6.18. The number of anilines is 1. The molecular weight excluding hydrogens is 406 g/mol. The largest absolute Gasteiger partial charge is 0.467 e. The number of carbonyl (C=O) groups is 1. The Bertz CT molecular complexity index is 1130. The monoisotopic (exact) mass is 427 g/mol. The Labute approximate surface area is 176 Å². The summed E-state index contributed by atoms with van der Waals surface area (Å²) < 4.78 is 8.53. The van der Waals surface area contributed by atoms with Crippen molar-refractivity contribution in [3.05, 3.63) is 53.7 Å². The molecule has 0 atom stereocenters. The lowest BCUT2D eigenvalue weighted by atomic mass is 10.2. The van der Waals surface area contributed by atoms with Gasteiger partial charge in [0.25, 0.3) is 0 Å². The summed E-state index contributed by atoms with van der Waals surface area (Å²) in [5.41, 5.74) is 2.06. The Morgan fingerprint density at radius 2 is 2.17 bits per heavy atom. The zero-order valence-corrected chi connectivity index (χ0v) is 18.0. The van der Waals surface area contributed by atoms with Crippen molar-refractivity contribution in [2.75, 3.05) is 11.1 Å². The highest BCUT2D eigenvalue weighted by Crippen LogP contribution is 2.27. The first-order valence-electron chi connectivity index (χ1n) is 9.25. The van der Waals surface area contributed by atoms with Crippen molar-refractivity contribution < 1.29 is 9.21 Å². The van der Waals surface area contributed by atoms with E-state index in [1.165, 1.54) is 28.7 Å². The van der Waals surface area contributed by atoms with Gasteiger partial charge in [0, 0.05) is 5.92 Å². The second kappa shape index (κ2) is 8.38. The van der Waals surface area contributed by atoms with Crippen molar-refractivity contribution in [1.82, 2.24) is 19.7 Å². The van der Waals surface area contributed by atoms with Crippen LogP contribution in [0.2, 0.25) is 0 Å². The number of fused-ring (bicyclic) bond motifs is 1. The molecule has 1 N–H and O–H groups in total. The predicted octanol–water partition coefficient (Wildman–Crippen LogP) is 4.69. The molecule has 7 nitrogen and oxygen atoms in total. The molecule has 0 saturated carbocycles. The second-order valence-corrected chi connectivity index (χ2v) is 8.96. The first-order chi connectivity index (χ1) is 14.0. The average molecular weight is 428 g/mol. The van der Waals surface area contributed by atoms with Gasteiger partial charge in [-0.1, -0.05) is 43.0 Å². The van der Waals surface area contributed by atoms with E-state index in [9.17, 15) is 4.79 Å². The number of nitrogens with zero attached hydrogens (tertiary/aromatic N) is 4. The lowest BCUT2D eigenvalue weighted by Gasteiger charge is -2.10. The first-order valence-corrected chi connectivity index (χ1v) is 11.0. The highest BCUT2D eigenvalue weighted by atomic mass is 32.2. The van der Waals surface area contributed by atoms with Crippen molar-refractivity contribution in [2.24, 2.45) is 0 Å². The fourth-order valence-corrected chi connectivity index (χ4v) is 4.64. The van der Waals surface area contributed by atoms with Gasteiger partial charge in [-0.15, -0.1) is 10.2 Å². The summed E-state index contributed by atoms with van der Waals surface area (Å²) in [7, 11) is 0. The van der Waals surface area contributed by atoms with Crippen LogP contribution in [-0.2, 0) is 11.3 Å². The molecule has 3 heterocycles. The molecule has 0 aliphatic rings. The maximum atomic E-state index is 12.5. The Morgan fingerprint density at radius 1 is 1.31 bits per heavy atom. The summed E-state index contributed by atoms with van der Waals surface area (Å²) in [4.78, 5) is 16.9. The first kappa shape index (κ1) is 19.7. The summed E-state index contributed by atoms with van der Waals surface area (Å²) in [6.07, 6.45) is 1.65. The van der Waals surface area contributed by atoms with Crippen LogP contribution in [0.25, 0.3) is 10.2 Å². The number of furan rings is 1. The second-order valence-electron chi connectivity index (χ2n) is 6.99. The van der Waals surface area contributed by atoms with E-state index in [4.69, 9.17) is 4.42 Å². The maximum absolute atomic E-state index is 12.5. The molecule has 29 heavy (non-hydrogen) atoms. The fourth-order valence-electron chi connectivity index (χ4n) is 2.91. The van der Waals surface area contributed by atoms with Crippen LogP contribution in [0.4, 0.5) is 5.13 Å². The molecule has 0 spiro atoms. The minimum absolute atomic E-state index is 0.121. The third kappa shape index (κ3) is 4.51. The van der Waals surface area contributed by atoms with E-state index in [-0.39, 0.29) is 17.6 Å². The number of aromatic nitrogens is 4. The molecule has 0 unspecified atom stereocenters. The van der Waals surface area contributed by atoms with E-state index in [0.29, 0.717) is 16.8 Å². The highest BCUT2D eigenvalue weighted by molar-refractivity contribution is 7.99. The van der Waals surface area contributed by atoms with Crippen molar-refractivity contribution >= 4 is 44.4 Å². The molecule has 9 heteroatoms. The van der Waals surface area contributed by atoms with Gasteiger partial charge in [-0.05, 0) is 36.8 Å². The van der Waals surface area contributed by atoms with Gasteiger partial charge in [0.2, 0.25) is 5.91 Å². The standard InChI is InChI=1S/C20H21N5O2S2/c1-12(2)18-23-24-20(25(18)10-14-5-4-8-27-14)28-11-17(26)22-19-21-15-7-6-13(3)9-16(15)29-19/h4-9,12H,10-11H2,1-3H3,(H,21,22,26). The number of benzene rings is 1. The van der Waals surface area contributed by atoms with Gasteiger partial charge in [-0.3, -0.25) is 9.36 Å². The number of hydrogen-bond donors (Lipinski definition) is 1. The van der Waals surface area contributed by atoms with Gasteiger partial charge in [0.15, 0.2) is 10.3 Å². The van der Waals surface area contributed by atoms with E-state index >= 15 is 0 Å². The van der Waals surface area contributed by atoms with E-state index in [2.05, 4.69) is 40.4 Å². The number of carbonyl (C=O) groups excluding carboxylic acids is 1. The molecule has 4 aromatic rings.